The van der Waals surface area contributed by atoms with Gasteiger partial charge in [-0.1, -0.05) is 6.92 Å². The van der Waals surface area contributed by atoms with Crippen LogP contribution in [0.5, 0.6) is 5.75 Å². The number of nitrogens with zero attached hydrogens (tertiary/aromatic N) is 1. The zero-order valence-corrected chi connectivity index (χ0v) is 10.5. The number of ether oxygens (including phenoxy) is 1. The van der Waals surface area contributed by atoms with Gasteiger partial charge in [0.15, 0.2) is 0 Å². The number of carboxylic acid groups (broad SMARTS) is 1. The summed E-state index contributed by atoms with van der Waals surface area (Å²) in [6.07, 6.45) is 1.02. The van der Waals surface area contributed by atoms with Crippen molar-refractivity contribution in [3.8, 4) is 5.75 Å². The predicted octanol–water partition coefficient (Wildman–Crippen LogP) is 1.91. The van der Waals surface area contributed by atoms with E-state index in [0.29, 0.717) is 24.3 Å². The molecule has 0 spiro atoms. The van der Waals surface area contributed by atoms with Crippen LogP contribution in [0.1, 0.15) is 19.8 Å². The molecule has 0 aliphatic heterocycles. The Balaban J connectivity index is 2.93. The van der Waals surface area contributed by atoms with Crippen LogP contribution in [0.4, 0.5) is 5.69 Å². The normalized spacial score (nSPS) is 9.89. The summed E-state index contributed by atoms with van der Waals surface area (Å²) in [6, 6.07) is 6.75. The van der Waals surface area contributed by atoms with E-state index >= 15 is 0 Å². The summed E-state index contributed by atoms with van der Waals surface area (Å²) < 4.78 is 5.02. The SMILES string of the molecule is CCCC(=O)N(CC(=O)O)c1ccc(OC)cc1. The maximum absolute atomic E-state index is 11.9. The summed E-state index contributed by atoms with van der Waals surface area (Å²) >= 11 is 0. The fraction of sp³-hybridized carbons (Fsp3) is 0.385. The largest absolute Gasteiger partial charge is 0.497 e. The van der Waals surface area contributed by atoms with Gasteiger partial charge >= 0.3 is 5.97 Å². The lowest BCUT2D eigenvalue weighted by Crippen LogP contribution is -2.35. The molecule has 0 unspecified atom stereocenters. The van der Waals surface area contributed by atoms with Gasteiger partial charge in [-0.25, -0.2) is 0 Å². The van der Waals surface area contributed by atoms with Crippen LogP contribution in [0, 0.1) is 0 Å². The standard InChI is InChI=1S/C13H17NO4/c1-3-4-12(15)14(9-13(16)17)10-5-7-11(18-2)8-6-10/h5-8H,3-4,9H2,1-2H3,(H,16,17). The highest BCUT2D eigenvalue weighted by Crippen LogP contribution is 2.20. The minimum atomic E-state index is -1.03. The molecule has 0 saturated heterocycles. The van der Waals surface area contributed by atoms with Crippen molar-refractivity contribution >= 4 is 17.6 Å². The average molecular weight is 251 g/mol. The number of hydrogen-bond donors (Lipinski definition) is 1. The van der Waals surface area contributed by atoms with Crippen LogP contribution in [-0.2, 0) is 9.59 Å². The van der Waals surface area contributed by atoms with E-state index in [1.165, 1.54) is 4.90 Å². The van der Waals surface area contributed by atoms with Crippen molar-refractivity contribution in [1.29, 1.82) is 0 Å². The monoisotopic (exact) mass is 251 g/mol. The lowest BCUT2D eigenvalue weighted by atomic mass is 10.2. The molecule has 18 heavy (non-hydrogen) atoms. The molecule has 98 valence electrons. The number of rotatable bonds is 6. The van der Waals surface area contributed by atoms with Gasteiger partial charge in [0.05, 0.1) is 7.11 Å². The van der Waals surface area contributed by atoms with Crippen molar-refractivity contribution in [3.05, 3.63) is 24.3 Å². The number of carbonyl (C=O) groups excluding carboxylic acids is 1. The van der Waals surface area contributed by atoms with Crippen molar-refractivity contribution in [2.75, 3.05) is 18.6 Å². The molecule has 1 N–H and O–H groups in total. The highest BCUT2D eigenvalue weighted by Gasteiger charge is 2.17. The van der Waals surface area contributed by atoms with Gasteiger partial charge in [-0.2, -0.15) is 0 Å². The molecule has 0 heterocycles. The molecule has 0 radical (unpaired) electrons. The van der Waals surface area contributed by atoms with Gasteiger partial charge in [0.2, 0.25) is 5.91 Å². The smallest absolute Gasteiger partial charge is 0.323 e. The molecule has 0 bridgehead atoms. The minimum absolute atomic E-state index is 0.190. The summed E-state index contributed by atoms with van der Waals surface area (Å²) in [5.41, 5.74) is 0.566. The zero-order valence-electron chi connectivity index (χ0n) is 10.5. The summed E-state index contributed by atoms with van der Waals surface area (Å²) in [4.78, 5) is 23.9. The van der Waals surface area contributed by atoms with Crippen LogP contribution in [0.15, 0.2) is 24.3 Å². The zero-order chi connectivity index (χ0) is 13.5. The Kier molecular flexibility index (Phi) is 5.17. The molecule has 0 aliphatic carbocycles. The summed E-state index contributed by atoms with van der Waals surface area (Å²) in [7, 11) is 1.55. The molecule has 5 nitrogen and oxygen atoms in total. The van der Waals surface area contributed by atoms with Crippen LogP contribution in [0.3, 0.4) is 0 Å². The molecule has 1 aromatic carbocycles. The fourth-order valence-corrected chi connectivity index (χ4v) is 1.57. The van der Waals surface area contributed by atoms with Crippen molar-refractivity contribution in [2.24, 2.45) is 0 Å². The molecule has 5 heteroatoms. The quantitative estimate of drug-likeness (QED) is 0.838. The van der Waals surface area contributed by atoms with Crippen LogP contribution < -0.4 is 9.64 Å². The molecule has 0 aromatic heterocycles. The molecule has 0 atom stereocenters. The van der Waals surface area contributed by atoms with Crippen LogP contribution in [0.25, 0.3) is 0 Å². The Morgan fingerprint density at radius 1 is 1.28 bits per heavy atom. The second kappa shape index (κ2) is 6.64. The summed E-state index contributed by atoms with van der Waals surface area (Å²) in [6.45, 7) is 1.55. The molecular weight excluding hydrogens is 234 g/mol. The lowest BCUT2D eigenvalue weighted by molar-refractivity contribution is -0.136. The third kappa shape index (κ3) is 3.76. The Bertz CT molecular complexity index is 414. The van der Waals surface area contributed by atoms with Gasteiger partial charge in [0, 0.05) is 12.1 Å². The van der Waals surface area contributed by atoms with Crippen molar-refractivity contribution in [3.63, 3.8) is 0 Å². The van der Waals surface area contributed by atoms with E-state index in [0.717, 1.165) is 0 Å². The first-order chi connectivity index (χ1) is 8.58. The number of carboxylic acids is 1. The topological polar surface area (TPSA) is 66.8 Å². The molecule has 0 aliphatic rings. The van der Waals surface area contributed by atoms with Gasteiger partial charge in [0.1, 0.15) is 12.3 Å². The Hall–Kier alpha value is -2.04. The van der Waals surface area contributed by atoms with Gasteiger partial charge in [-0.05, 0) is 30.7 Å². The summed E-state index contributed by atoms with van der Waals surface area (Å²) in [5, 5.41) is 8.84. The second-order valence-corrected chi connectivity index (χ2v) is 3.82. The maximum Gasteiger partial charge on any atom is 0.323 e. The van der Waals surface area contributed by atoms with E-state index < -0.39 is 5.97 Å². The molecular formula is C13H17NO4. The third-order valence-corrected chi connectivity index (χ3v) is 2.44. The highest BCUT2D eigenvalue weighted by molar-refractivity contribution is 5.97. The number of aliphatic carboxylic acids is 1. The van der Waals surface area contributed by atoms with E-state index in [1.54, 1.807) is 31.4 Å². The van der Waals surface area contributed by atoms with Crippen molar-refractivity contribution in [2.45, 2.75) is 19.8 Å². The summed E-state index contributed by atoms with van der Waals surface area (Å²) in [5.74, 6) is -0.558. The number of carbonyl (C=O) groups is 2. The first kappa shape index (κ1) is 14.0. The van der Waals surface area contributed by atoms with Crippen molar-refractivity contribution in [1.82, 2.24) is 0 Å². The van der Waals surface area contributed by atoms with Gasteiger partial charge in [0.25, 0.3) is 0 Å². The average Bonchev–Trinajstić information content (AvgIpc) is 2.36. The second-order valence-electron chi connectivity index (χ2n) is 3.82. The lowest BCUT2D eigenvalue weighted by Gasteiger charge is -2.20. The Labute approximate surface area is 106 Å². The minimum Gasteiger partial charge on any atom is -0.497 e. The van der Waals surface area contributed by atoms with E-state index in [-0.39, 0.29) is 12.5 Å². The van der Waals surface area contributed by atoms with E-state index in [1.807, 2.05) is 6.92 Å². The van der Waals surface area contributed by atoms with Gasteiger partial charge in [-0.3, -0.25) is 9.59 Å². The molecule has 1 amide bonds. The highest BCUT2D eigenvalue weighted by atomic mass is 16.5. The molecule has 1 rings (SSSR count). The van der Waals surface area contributed by atoms with Crippen molar-refractivity contribution < 1.29 is 19.4 Å². The van der Waals surface area contributed by atoms with Crippen LogP contribution >= 0.6 is 0 Å². The third-order valence-electron chi connectivity index (χ3n) is 2.44. The molecule has 0 fully saturated rings. The number of benzene rings is 1. The fourth-order valence-electron chi connectivity index (χ4n) is 1.57. The number of anilines is 1. The first-order valence-corrected chi connectivity index (χ1v) is 5.74. The number of hydrogen-bond acceptors (Lipinski definition) is 3. The number of methoxy groups -OCH3 is 1. The number of amides is 1. The van der Waals surface area contributed by atoms with E-state index in [9.17, 15) is 9.59 Å². The first-order valence-electron chi connectivity index (χ1n) is 5.74. The van der Waals surface area contributed by atoms with E-state index in [2.05, 4.69) is 0 Å². The van der Waals surface area contributed by atoms with Gasteiger partial charge in [-0.15, -0.1) is 0 Å². The van der Waals surface area contributed by atoms with E-state index in [4.69, 9.17) is 9.84 Å². The van der Waals surface area contributed by atoms with Crippen LogP contribution in [-0.4, -0.2) is 30.6 Å². The molecule has 1 aromatic rings. The predicted molar refractivity (Wildman–Crippen MR) is 67.9 cm³/mol. The Morgan fingerprint density at radius 3 is 2.33 bits per heavy atom. The maximum atomic E-state index is 11.9. The van der Waals surface area contributed by atoms with Crippen LogP contribution in [0.2, 0.25) is 0 Å². The Morgan fingerprint density at radius 2 is 1.89 bits per heavy atom. The molecule has 0 saturated carbocycles. The van der Waals surface area contributed by atoms with Gasteiger partial charge < -0.3 is 14.7 Å².